The average Bonchev–Trinajstić information content (AvgIpc) is 2.12. The molecule has 72 valence electrons. The molecule has 0 saturated heterocycles. The predicted molar refractivity (Wildman–Crippen MR) is 47.2 cm³/mol. The molecule has 4 heteroatoms. The Morgan fingerprint density at radius 1 is 1.25 bits per heavy atom. The average molecular weight is 194 g/mol. The Labute approximate surface area is 74.8 Å². The Morgan fingerprint density at radius 2 is 1.75 bits per heavy atom. The van der Waals surface area contributed by atoms with E-state index in [0.29, 0.717) is 12.8 Å². The van der Waals surface area contributed by atoms with Gasteiger partial charge < -0.3 is 4.55 Å². The van der Waals surface area contributed by atoms with Crippen molar-refractivity contribution in [1.82, 2.24) is 0 Å². The third-order valence-electron chi connectivity index (χ3n) is 2.38. The molecule has 1 atom stereocenters. The molecule has 0 radical (unpaired) electrons. The van der Waals surface area contributed by atoms with E-state index in [4.69, 9.17) is 4.55 Å². The van der Waals surface area contributed by atoms with Crippen LogP contribution in [0.25, 0.3) is 0 Å². The molecule has 0 spiro atoms. The topological polar surface area (TPSA) is 37.3 Å². The van der Waals surface area contributed by atoms with Crippen LogP contribution in [-0.4, -0.2) is 20.2 Å². The lowest BCUT2D eigenvalue weighted by Crippen LogP contribution is -2.29. The third kappa shape index (κ3) is 3.19. The summed E-state index contributed by atoms with van der Waals surface area (Å²) in [6.45, 7) is 0. The molecule has 0 heterocycles. The quantitative estimate of drug-likeness (QED) is 0.541. The van der Waals surface area contributed by atoms with Crippen LogP contribution in [-0.2, 0) is 11.1 Å². The molecule has 1 fully saturated rings. The van der Waals surface area contributed by atoms with Crippen LogP contribution in [0.1, 0.15) is 38.5 Å². The van der Waals surface area contributed by atoms with Gasteiger partial charge in [-0.05, 0) is 12.8 Å². The van der Waals surface area contributed by atoms with Crippen LogP contribution in [0.3, 0.4) is 0 Å². The van der Waals surface area contributed by atoms with Crippen molar-refractivity contribution in [2.75, 3.05) is 5.75 Å². The second kappa shape index (κ2) is 4.33. The zero-order valence-electron chi connectivity index (χ0n) is 7.09. The molecule has 0 aromatic carbocycles. The van der Waals surface area contributed by atoms with Gasteiger partial charge >= 0.3 is 0 Å². The summed E-state index contributed by atoms with van der Waals surface area (Å²) in [5.74, 6) is -0.201. The summed E-state index contributed by atoms with van der Waals surface area (Å²) in [7, 11) is 0. The molecule has 0 bridgehead atoms. The first-order valence-electron chi connectivity index (χ1n) is 4.39. The van der Waals surface area contributed by atoms with Crippen molar-refractivity contribution in [2.24, 2.45) is 0 Å². The van der Waals surface area contributed by atoms with Gasteiger partial charge in [-0.15, -0.1) is 0 Å². The monoisotopic (exact) mass is 194 g/mol. The summed E-state index contributed by atoms with van der Waals surface area (Å²) >= 11 is -1.99. The van der Waals surface area contributed by atoms with Crippen LogP contribution >= 0.6 is 0 Å². The molecule has 0 amide bonds. The summed E-state index contributed by atoms with van der Waals surface area (Å²) < 4.78 is 32.8. The Balaban J connectivity index is 2.48. The first-order chi connectivity index (χ1) is 5.62. The van der Waals surface area contributed by atoms with Gasteiger partial charge in [-0.25, -0.2) is 8.60 Å². The lowest BCUT2D eigenvalue weighted by Gasteiger charge is -2.20. The van der Waals surface area contributed by atoms with Crippen LogP contribution in [0.4, 0.5) is 4.39 Å². The molecule has 1 N–H and O–H groups in total. The van der Waals surface area contributed by atoms with Crippen molar-refractivity contribution >= 4 is 11.1 Å². The van der Waals surface area contributed by atoms with E-state index in [2.05, 4.69) is 0 Å². The fourth-order valence-corrected chi connectivity index (χ4v) is 2.46. The van der Waals surface area contributed by atoms with Crippen molar-refractivity contribution in [3.05, 3.63) is 0 Å². The molecule has 0 aromatic rings. The van der Waals surface area contributed by atoms with Crippen molar-refractivity contribution in [2.45, 2.75) is 44.2 Å². The first kappa shape index (κ1) is 10.1. The van der Waals surface area contributed by atoms with Crippen LogP contribution in [0.5, 0.6) is 0 Å². The van der Waals surface area contributed by atoms with Gasteiger partial charge in [0.25, 0.3) is 0 Å². The normalized spacial score (nSPS) is 26.2. The summed E-state index contributed by atoms with van der Waals surface area (Å²) in [6, 6.07) is 0. The maximum absolute atomic E-state index is 13.7. The fourth-order valence-electron chi connectivity index (χ4n) is 1.73. The maximum atomic E-state index is 13.7. The van der Waals surface area contributed by atoms with Crippen LogP contribution in [0, 0.1) is 0 Å². The van der Waals surface area contributed by atoms with Gasteiger partial charge in [-0.1, -0.05) is 25.7 Å². The van der Waals surface area contributed by atoms with Gasteiger partial charge in [0.1, 0.15) is 5.67 Å². The number of hydrogen-bond donors (Lipinski definition) is 1. The molecular formula is C8H15FO2S. The van der Waals surface area contributed by atoms with Gasteiger partial charge in [-0.3, -0.25) is 0 Å². The van der Waals surface area contributed by atoms with E-state index in [9.17, 15) is 8.60 Å². The summed E-state index contributed by atoms with van der Waals surface area (Å²) in [6.07, 6.45) is 4.74. The third-order valence-corrected chi connectivity index (χ3v) is 3.15. The van der Waals surface area contributed by atoms with E-state index >= 15 is 0 Å². The standard InChI is InChI=1S/C8H15FO2S/c9-8(7-12(10)11)5-3-1-2-4-6-8/h1-7H2,(H,10,11). The highest BCUT2D eigenvalue weighted by molar-refractivity contribution is 7.79. The first-order valence-corrected chi connectivity index (χ1v) is 5.66. The van der Waals surface area contributed by atoms with E-state index in [0.717, 1.165) is 25.7 Å². The molecule has 1 aliphatic carbocycles. The Kier molecular flexibility index (Phi) is 3.65. The molecule has 1 rings (SSSR count). The van der Waals surface area contributed by atoms with Crippen molar-refractivity contribution < 1.29 is 13.2 Å². The highest BCUT2D eigenvalue weighted by atomic mass is 32.2. The zero-order chi connectivity index (χ0) is 9.03. The molecular weight excluding hydrogens is 179 g/mol. The number of halogens is 1. The van der Waals surface area contributed by atoms with E-state index in [1.54, 1.807) is 0 Å². The molecule has 0 aliphatic heterocycles. The second-order valence-corrected chi connectivity index (χ2v) is 4.46. The van der Waals surface area contributed by atoms with Crippen LogP contribution in [0.15, 0.2) is 0 Å². The minimum Gasteiger partial charge on any atom is -0.306 e. The number of hydrogen-bond acceptors (Lipinski definition) is 1. The lowest BCUT2D eigenvalue weighted by molar-refractivity contribution is 0.168. The molecule has 1 saturated carbocycles. The maximum Gasteiger partial charge on any atom is 0.156 e. The van der Waals surface area contributed by atoms with Crippen LogP contribution in [0.2, 0.25) is 0 Å². The molecule has 1 aliphatic rings. The number of alkyl halides is 1. The second-order valence-electron chi connectivity index (χ2n) is 3.53. The molecule has 1 unspecified atom stereocenters. The van der Waals surface area contributed by atoms with Gasteiger partial charge in [0.15, 0.2) is 11.1 Å². The van der Waals surface area contributed by atoms with Crippen molar-refractivity contribution in [1.29, 1.82) is 0 Å². The Morgan fingerprint density at radius 3 is 2.17 bits per heavy atom. The van der Waals surface area contributed by atoms with Gasteiger partial charge in [0.2, 0.25) is 0 Å². The Bertz CT molecular complexity index is 164. The highest BCUT2D eigenvalue weighted by Crippen LogP contribution is 2.31. The van der Waals surface area contributed by atoms with Gasteiger partial charge in [0, 0.05) is 0 Å². The Hall–Kier alpha value is 0.0400. The number of rotatable bonds is 2. The van der Waals surface area contributed by atoms with Crippen molar-refractivity contribution in [3.8, 4) is 0 Å². The fraction of sp³-hybridized carbons (Fsp3) is 1.00. The van der Waals surface area contributed by atoms with Crippen molar-refractivity contribution in [3.63, 3.8) is 0 Å². The van der Waals surface area contributed by atoms with Gasteiger partial charge in [-0.2, -0.15) is 0 Å². The van der Waals surface area contributed by atoms with E-state index in [1.165, 1.54) is 0 Å². The van der Waals surface area contributed by atoms with E-state index < -0.39 is 16.7 Å². The molecule has 2 nitrogen and oxygen atoms in total. The smallest absolute Gasteiger partial charge is 0.156 e. The largest absolute Gasteiger partial charge is 0.306 e. The zero-order valence-corrected chi connectivity index (χ0v) is 7.91. The summed E-state index contributed by atoms with van der Waals surface area (Å²) in [5, 5.41) is 0. The minimum atomic E-state index is -1.99. The molecule has 12 heavy (non-hydrogen) atoms. The van der Waals surface area contributed by atoms with Crippen LogP contribution < -0.4 is 0 Å². The predicted octanol–water partition coefficient (Wildman–Crippen LogP) is 2.27. The molecule has 0 aromatic heterocycles. The summed E-state index contributed by atoms with van der Waals surface area (Å²) in [5.41, 5.74) is -1.36. The van der Waals surface area contributed by atoms with E-state index in [1.807, 2.05) is 0 Å². The van der Waals surface area contributed by atoms with E-state index in [-0.39, 0.29) is 5.75 Å². The minimum absolute atomic E-state index is 0.201. The van der Waals surface area contributed by atoms with Gasteiger partial charge in [0.05, 0.1) is 5.75 Å². The SMILES string of the molecule is O=S(O)CC1(F)CCCCCC1. The lowest BCUT2D eigenvalue weighted by atomic mass is 9.99. The highest BCUT2D eigenvalue weighted by Gasteiger charge is 2.32. The summed E-state index contributed by atoms with van der Waals surface area (Å²) in [4.78, 5) is 0.